The Morgan fingerprint density at radius 1 is 1.33 bits per heavy atom. The van der Waals surface area contributed by atoms with E-state index in [0.29, 0.717) is 12.2 Å². The monoisotopic (exact) mass is 376 g/mol. The van der Waals surface area contributed by atoms with Crippen LogP contribution < -0.4 is 5.73 Å². The second kappa shape index (κ2) is 7.88. The molecule has 1 spiro atoms. The van der Waals surface area contributed by atoms with Gasteiger partial charge in [0.05, 0.1) is 5.69 Å². The van der Waals surface area contributed by atoms with Gasteiger partial charge in [-0.1, -0.05) is 0 Å². The van der Waals surface area contributed by atoms with Gasteiger partial charge in [0.1, 0.15) is 12.4 Å². The maximum Gasteiger partial charge on any atom is 0.244 e. The largest absolute Gasteiger partial charge is 0.384 e. The third-order valence-electron chi connectivity index (χ3n) is 5.80. The van der Waals surface area contributed by atoms with Crippen LogP contribution in [-0.4, -0.2) is 83.1 Å². The zero-order valence-electron chi connectivity index (χ0n) is 16.8. The number of nitrogens with two attached hydrogens (primary N) is 1. The number of hydrogen-bond donors (Lipinski definition) is 1. The summed E-state index contributed by atoms with van der Waals surface area (Å²) in [5.41, 5.74) is 6.77. The number of amides is 2. The van der Waals surface area contributed by atoms with Crippen LogP contribution in [0.2, 0.25) is 0 Å². The number of carbonyl (C=O) groups excluding carboxylic acids is 2. The summed E-state index contributed by atoms with van der Waals surface area (Å²) < 4.78 is 1.58. The summed E-state index contributed by atoms with van der Waals surface area (Å²) in [6.45, 7) is 5.91. The molecule has 8 nitrogen and oxygen atoms in total. The van der Waals surface area contributed by atoms with Crippen LogP contribution in [0.25, 0.3) is 0 Å². The number of aromatic nitrogens is 2. The van der Waals surface area contributed by atoms with Gasteiger partial charge in [0.25, 0.3) is 0 Å². The Hall–Kier alpha value is -2.09. The summed E-state index contributed by atoms with van der Waals surface area (Å²) in [7, 11) is 4.04. The number of likely N-dealkylation sites (tertiary alicyclic amines) is 2. The third kappa shape index (κ3) is 4.61. The summed E-state index contributed by atoms with van der Waals surface area (Å²) in [5, 5.41) is 4.30. The zero-order valence-corrected chi connectivity index (χ0v) is 16.8. The van der Waals surface area contributed by atoms with Gasteiger partial charge in [-0.2, -0.15) is 5.10 Å². The standard InChI is InChI=1S/C19H32N6O2/c1-15-11-16(20)25(21-15)12-18(27)23-8-4-6-19(13-23)7-5-17(26)24(14-19)10-9-22(2)3/h11H,4-10,12-14,20H2,1-3H3/t19-/m1/s1. The molecule has 0 aromatic carbocycles. The number of likely N-dealkylation sites (N-methyl/N-ethyl adjacent to an activating group) is 1. The smallest absolute Gasteiger partial charge is 0.244 e. The normalized spacial score (nSPS) is 23.5. The van der Waals surface area contributed by atoms with Crippen LogP contribution in [0.1, 0.15) is 31.4 Å². The van der Waals surface area contributed by atoms with E-state index < -0.39 is 0 Å². The van der Waals surface area contributed by atoms with E-state index in [1.54, 1.807) is 10.7 Å². The number of rotatable bonds is 5. The molecule has 0 aliphatic carbocycles. The summed E-state index contributed by atoms with van der Waals surface area (Å²) in [6.07, 6.45) is 3.51. The fourth-order valence-electron chi connectivity index (χ4n) is 4.30. The Morgan fingerprint density at radius 2 is 2.11 bits per heavy atom. The molecule has 2 aliphatic heterocycles. The first-order valence-electron chi connectivity index (χ1n) is 9.78. The molecule has 0 saturated carbocycles. The Kier molecular flexibility index (Phi) is 5.74. The second-order valence-corrected chi connectivity index (χ2v) is 8.41. The molecule has 2 amide bonds. The fourth-order valence-corrected chi connectivity index (χ4v) is 4.30. The van der Waals surface area contributed by atoms with E-state index in [1.807, 2.05) is 30.8 Å². The molecular weight excluding hydrogens is 344 g/mol. The van der Waals surface area contributed by atoms with Crippen molar-refractivity contribution in [3.8, 4) is 0 Å². The molecular formula is C19H32N6O2. The molecule has 3 rings (SSSR count). The number of hydrogen-bond acceptors (Lipinski definition) is 5. The average Bonchev–Trinajstić information content (AvgIpc) is 2.93. The van der Waals surface area contributed by atoms with Crippen LogP contribution in [0, 0.1) is 12.3 Å². The van der Waals surface area contributed by atoms with Gasteiger partial charge in [-0.3, -0.25) is 9.59 Å². The van der Waals surface area contributed by atoms with Gasteiger partial charge in [-0.05, 0) is 40.3 Å². The molecule has 1 atom stereocenters. The van der Waals surface area contributed by atoms with Crippen molar-refractivity contribution in [3.05, 3.63) is 11.8 Å². The molecule has 3 heterocycles. The number of carbonyl (C=O) groups is 2. The van der Waals surface area contributed by atoms with Gasteiger partial charge in [-0.15, -0.1) is 0 Å². The molecule has 1 aromatic heterocycles. The van der Waals surface area contributed by atoms with Crippen molar-refractivity contribution in [3.63, 3.8) is 0 Å². The van der Waals surface area contributed by atoms with Crippen LogP contribution in [0.4, 0.5) is 5.82 Å². The molecule has 1 aromatic rings. The Morgan fingerprint density at radius 3 is 2.78 bits per heavy atom. The van der Waals surface area contributed by atoms with E-state index in [9.17, 15) is 9.59 Å². The number of nitrogen functional groups attached to an aromatic ring is 1. The molecule has 0 radical (unpaired) electrons. The maximum absolute atomic E-state index is 12.8. The van der Waals surface area contributed by atoms with E-state index in [4.69, 9.17) is 5.73 Å². The minimum Gasteiger partial charge on any atom is -0.384 e. The maximum atomic E-state index is 12.8. The minimum atomic E-state index is 0.0275. The van der Waals surface area contributed by atoms with Crippen LogP contribution in [-0.2, 0) is 16.1 Å². The highest BCUT2D eigenvalue weighted by Gasteiger charge is 2.42. The highest BCUT2D eigenvalue weighted by Crippen LogP contribution is 2.38. The van der Waals surface area contributed by atoms with Gasteiger partial charge < -0.3 is 20.4 Å². The SMILES string of the molecule is Cc1cc(N)n(CC(=O)N2CCC[C@@]3(CCC(=O)N(CCN(C)C)C3)C2)n1. The van der Waals surface area contributed by atoms with Crippen molar-refractivity contribution >= 4 is 17.6 Å². The van der Waals surface area contributed by atoms with Gasteiger partial charge in [0.2, 0.25) is 11.8 Å². The third-order valence-corrected chi connectivity index (χ3v) is 5.80. The van der Waals surface area contributed by atoms with Crippen molar-refractivity contribution in [2.45, 2.75) is 39.2 Å². The summed E-state index contributed by atoms with van der Waals surface area (Å²) >= 11 is 0. The highest BCUT2D eigenvalue weighted by molar-refractivity contribution is 5.78. The van der Waals surface area contributed by atoms with Crippen molar-refractivity contribution < 1.29 is 9.59 Å². The van der Waals surface area contributed by atoms with Crippen molar-refractivity contribution in [1.82, 2.24) is 24.5 Å². The van der Waals surface area contributed by atoms with E-state index >= 15 is 0 Å². The molecule has 0 unspecified atom stereocenters. The molecule has 2 N–H and O–H groups in total. The first-order valence-corrected chi connectivity index (χ1v) is 9.78. The van der Waals surface area contributed by atoms with Crippen LogP contribution >= 0.6 is 0 Å². The number of nitrogens with zero attached hydrogens (tertiary/aromatic N) is 5. The molecule has 0 bridgehead atoms. The van der Waals surface area contributed by atoms with Crippen molar-refractivity contribution in [2.24, 2.45) is 5.41 Å². The quantitative estimate of drug-likeness (QED) is 0.812. The van der Waals surface area contributed by atoms with E-state index in [2.05, 4.69) is 10.00 Å². The molecule has 2 saturated heterocycles. The Bertz CT molecular complexity index is 700. The Balaban J connectivity index is 1.64. The average molecular weight is 377 g/mol. The predicted octanol–water partition coefficient (Wildman–Crippen LogP) is 0.567. The van der Waals surface area contributed by atoms with Crippen molar-refractivity contribution in [2.75, 3.05) is 52.6 Å². The highest BCUT2D eigenvalue weighted by atomic mass is 16.2. The number of aryl methyl sites for hydroxylation is 1. The van der Waals surface area contributed by atoms with Gasteiger partial charge >= 0.3 is 0 Å². The predicted molar refractivity (Wildman–Crippen MR) is 104 cm³/mol. The van der Waals surface area contributed by atoms with Gasteiger partial charge in [0, 0.05) is 50.6 Å². The summed E-state index contributed by atoms with van der Waals surface area (Å²) in [6, 6.07) is 1.78. The number of anilines is 1. The lowest BCUT2D eigenvalue weighted by atomic mass is 9.73. The van der Waals surface area contributed by atoms with Crippen molar-refractivity contribution in [1.29, 1.82) is 0 Å². The number of piperidine rings is 2. The van der Waals surface area contributed by atoms with Crippen LogP contribution in [0.15, 0.2) is 6.07 Å². The van der Waals surface area contributed by atoms with Gasteiger partial charge in [-0.25, -0.2) is 4.68 Å². The molecule has 2 fully saturated rings. The fraction of sp³-hybridized carbons (Fsp3) is 0.737. The molecule has 150 valence electrons. The first-order chi connectivity index (χ1) is 12.8. The molecule has 27 heavy (non-hydrogen) atoms. The zero-order chi connectivity index (χ0) is 19.6. The summed E-state index contributed by atoms with van der Waals surface area (Å²) in [4.78, 5) is 31.2. The lowest BCUT2D eigenvalue weighted by Gasteiger charge is -2.48. The Labute approximate surface area is 161 Å². The van der Waals surface area contributed by atoms with Crippen LogP contribution in [0.5, 0.6) is 0 Å². The minimum absolute atomic E-state index is 0.0275. The molecule has 2 aliphatic rings. The second-order valence-electron chi connectivity index (χ2n) is 8.41. The molecule has 8 heteroatoms. The lowest BCUT2D eigenvalue weighted by Crippen LogP contribution is -2.56. The van der Waals surface area contributed by atoms with E-state index in [0.717, 1.165) is 57.7 Å². The van der Waals surface area contributed by atoms with E-state index in [1.165, 1.54) is 0 Å². The topological polar surface area (TPSA) is 87.7 Å². The first kappa shape index (κ1) is 19.7. The van der Waals surface area contributed by atoms with Gasteiger partial charge in [0.15, 0.2) is 0 Å². The van der Waals surface area contributed by atoms with Crippen LogP contribution in [0.3, 0.4) is 0 Å². The summed E-state index contributed by atoms with van der Waals surface area (Å²) in [5.74, 6) is 0.817. The lowest BCUT2D eigenvalue weighted by molar-refractivity contribution is -0.143. The van der Waals surface area contributed by atoms with E-state index in [-0.39, 0.29) is 23.8 Å².